The number of aromatic hydroxyl groups is 2. The molecule has 0 amide bonds. The first kappa shape index (κ1) is 31.1. The van der Waals surface area contributed by atoms with Crippen molar-refractivity contribution in [2.24, 2.45) is 0 Å². The predicted molar refractivity (Wildman–Crippen MR) is 123 cm³/mol. The molecule has 0 spiro atoms. The average Bonchev–Trinajstić information content (AvgIpc) is 3.09. The second-order valence-electron chi connectivity index (χ2n) is 8.17. The van der Waals surface area contributed by atoms with E-state index in [0.29, 0.717) is 33.4 Å². The Hall–Kier alpha value is -0.427. The van der Waals surface area contributed by atoms with Gasteiger partial charge in [0.05, 0.1) is 15.2 Å². The van der Waals surface area contributed by atoms with E-state index in [2.05, 4.69) is 0 Å². The van der Waals surface area contributed by atoms with Gasteiger partial charge in [-0.15, -0.1) is 0 Å². The molecule has 0 heterocycles. The molecule has 37 heavy (non-hydrogen) atoms. The van der Waals surface area contributed by atoms with E-state index in [9.17, 15) is 36.2 Å². The zero-order valence-corrected chi connectivity index (χ0v) is 27.6. The molecule has 5 rings (SSSR count). The van der Waals surface area contributed by atoms with Crippen LogP contribution < -0.4 is 103 Å². The van der Waals surface area contributed by atoms with Crippen LogP contribution in [0.4, 0.5) is 0 Å². The van der Waals surface area contributed by atoms with Crippen LogP contribution in [0.2, 0.25) is 0 Å². The molecule has 0 saturated heterocycles. The molecule has 178 valence electrons. The van der Waals surface area contributed by atoms with Crippen LogP contribution in [0.5, 0.6) is 11.5 Å². The molecule has 4 aromatic rings. The first-order valence-electron chi connectivity index (χ1n) is 10.2. The summed E-state index contributed by atoms with van der Waals surface area (Å²) in [5.74, 6) is -0.0837. The predicted octanol–water partition coefficient (Wildman–Crippen LogP) is -2.72. The third kappa shape index (κ3) is 5.48. The summed E-state index contributed by atoms with van der Waals surface area (Å²) in [5, 5.41) is 19.8. The van der Waals surface area contributed by atoms with Gasteiger partial charge in [0.15, 0.2) is 0 Å². The van der Waals surface area contributed by atoms with Crippen molar-refractivity contribution in [2.75, 3.05) is 0 Å². The summed E-state index contributed by atoms with van der Waals surface area (Å²) in [6, 6.07) is 19.7. The first-order chi connectivity index (χ1) is 16.4. The van der Waals surface area contributed by atoms with Gasteiger partial charge in [0, 0.05) is 0 Å². The van der Waals surface area contributed by atoms with Crippen molar-refractivity contribution < 1.29 is 139 Å². The van der Waals surface area contributed by atoms with Crippen LogP contribution in [-0.2, 0) is 25.7 Å². The molecule has 0 fully saturated rings. The maximum Gasteiger partial charge on any atom is 1.00 e. The largest absolute Gasteiger partial charge is 1.00 e. The zero-order chi connectivity index (χ0) is 25.2. The van der Waals surface area contributed by atoms with E-state index in [-0.39, 0.29) is 114 Å². The SMILES string of the molecule is O=S(=O)([O-])c1ccc2c(c1)C(c1ccc(O)cc1)(c1ccc(O)cc1)c1cc(S(=O)(=O)[O-])ccc1-2.[K+].[K+]. The third-order valence-electron chi connectivity index (χ3n) is 6.26. The van der Waals surface area contributed by atoms with Gasteiger partial charge in [0.1, 0.15) is 31.7 Å². The van der Waals surface area contributed by atoms with Crippen LogP contribution in [-0.4, -0.2) is 36.2 Å². The Morgan fingerprint density at radius 2 is 0.865 bits per heavy atom. The normalized spacial score (nSPS) is 13.6. The molecule has 0 aromatic heterocycles. The number of fused-ring (bicyclic) bond motifs is 3. The number of phenolic OH excluding ortho intramolecular Hbond substituents is 2. The second-order valence-corrected chi connectivity index (χ2v) is 10.9. The summed E-state index contributed by atoms with van der Waals surface area (Å²) in [6.07, 6.45) is 0. The fourth-order valence-corrected chi connectivity index (χ4v) is 5.80. The number of hydrogen-bond acceptors (Lipinski definition) is 8. The maximum absolute atomic E-state index is 11.9. The minimum absolute atomic E-state index is 0. The topological polar surface area (TPSA) is 155 Å². The molecule has 1 aliphatic rings. The van der Waals surface area contributed by atoms with Gasteiger partial charge in [-0.3, -0.25) is 0 Å². The molecule has 0 unspecified atom stereocenters. The molecule has 0 atom stereocenters. The Morgan fingerprint density at radius 3 is 1.16 bits per heavy atom. The van der Waals surface area contributed by atoms with Crippen molar-refractivity contribution in [1.29, 1.82) is 0 Å². The van der Waals surface area contributed by atoms with Crippen LogP contribution in [0.3, 0.4) is 0 Å². The van der Waals surface area contributed by atoms with E-state index in [1.165, 1.54) is 60.7 Å². The standard InChI is InChI=1S/C25H18O8S2.2K/c26-17-5-1-15(2-6-17)25(16-3-7-18(27)8-4-16)23-13-19(34(28,29)30)9-11-21(23)22-12-10-20(14-24(22)25)35(31,32)33;;/h1-14,26-27H,(H,28,29,30)(H,31,32,33);;/q;2*+1/p-2. The fraction of sp³-hybridized carbons (Fsp3) is 0.0400. The number of hydrogen-bond donors (Lipinski definition) is 2. The van der Waals surface area contributed by atoms with Crippen LogP contribution in [0, 0.1) is 0 Å². The summed E-state index contributed by atoms with van der Waals surface area (Å²) < 4.78 is 71.5. The molecule has 12 heteroatoms. The summed E-state index contributed by atoms with van der Waals surface area (Å²) in [5.41, 5.74) is 1.41. The summed E-state index contributed by atoms with van der Waals surface area (Å²) in [6.45, 7) is 0. The Morgan fingerprint density at radius 1 is 0.541 bits per heavy atom. The molecular formula is C25H16K2O8S2. The number of rotatable bonds is 4. The Labute approximate surface area is 299 Å². The summed E-state index contributed by atoms with van der Waals surface area (Å²) in [4.78, 5) is -0.967. The van der Waals surface area contributed by atoms with Crippen LogP contribution in [0.15, 0.2) is 94.7 Å². The quantitative estimate of drug-likeness (QED) is 0.170. The fourth-order valence-electron chi connectivity index (χ4n) is 4.80. The second kappa shape index (κ2) is 11.2. The molecule has 0 radical (unpaired) electrons. The maximum atomic E-state index is 11.9. The minimum atomic E-state index is -4.85. The molecule has 8 nitrogen and oxygen atoms in total. The van der Waals surface area contributed by atoms with E-state index >= 15 is 0 Å². The van der Waals surface area contributed by atoms with E-state index in [1.807, 2.05) is 0 Å². The van der Waals surface area contributed by atoms with Gasteiger partial charge >= 0.3 is 103 Å². The van der Waals surface area contributed by atoms with Gasteiger partial charge in [-0.05, 0) is 81.9 Å². The Balaban J connectivity index is 0.00000190. The Kier molecular flexibility index (Phi) is 9.43. The molecule has 4 aromatic carbocycles. The Bertz CT molecular complexity index is 1570. The minimum Gasteiger partial charge on any atom is -0.744 e. The van der Waals surface area contributed by atoms with Crippen molar-refractivity contribution in [3.63, 3.8) is 0 Å². The van der Waals surface area contributed by atoms with Crippen LogP contribution in [0.1, 0.15) is 22.3 Å². The molecule has 0 bridgehead atoms. The van der Waals surface area contributed by atoms with Crippen LogP contribution >= 0.6 is 0 Å². The molecule has 1 aliphatic carbocycles. The smallest absolute Gasteiger partial charge is 0.744 e. The third-order valence-corrected chi connectivity index (χ3v) is 7.92. The molecule has 0 aliphatic heterocycles. The van der Waals surface area contributed by atoms with Crippen molar-refractivity contribution in [3.8, 4) is 22.6 Å². The van der Waals surface area contributed by atoms with Gasteiger partial charge < -0.3 is 19.3 Å². The van der Waals surface area contributed by atoms with Gasteiger partial charge in [-0.25, -0.2) is 16.8 Å². The van der Waals surface area contributed by atoms with E-state index in [4.69, 9.17) is 0 Å². The van der Waals surface area contributed by atoms with Crippen molar-refractivity contribution in [1.82, 2.24) is 0 Å². The summed E-state index contributed by atoms with van der Waals surface area (Å²) >= 11 is 0. The molecule has 2 N–H and O–H groups in total. The van der Waals surface area contributed by atoms with E-state index < -0.39 is 35.4 Å². The number of phenols is 2. The van der Waals surface area contributed by atoms with E-state index in [0.717, 1.165) is 0 Å². The van der Waals surface area contributed by atoms with Gasteiger partial charge in [0.2, 0.25) is 0 Å². The van der Waals surface area contributed by atoms with Crippen LogP contribution in [0.25, 0.3) is 11.1 Å². The zero-order valence-electron chi connectivity index (χ0n) is 19.7. The van der Waals surface area contributed by atoms with Crippen molar-refractivity contribution >= 4 is 20.2 Å². The van der Waals surface area contributed by atoms with Gasteiger partial charge in [-0.2, -0.15) is 0 Å². The van der Waals surface area contributed by atoms with Crippen molar-refractivity contribution in [2.45, 2.75) is 15.2 Å². The monoisotopic (exact) mass is 586 g/mol. The molecule has 0 saturated carbocycles. The van der Waals surface area contributed by atoms with Gasteiger partial charge in [0.25, 0.3) is 0 Å². The van der Waals surface area contributed by atoms with Gasteiger partial charge in [-0.1, -0.05) is 36.4 Å². The van der Waals surface area contributed by atoms with Crippen molar-refractivity contribution in [3.05, 3.63) is 107 Å². The first-order valence-corrected chi connectivity index (χ1v) is 13.0. The number of benzene rings is 4. The summed E-state index contributed by atoms with van der Waals surface area (Å²) in [7, 11) is -9.69. The van der Waals surface area contributed by atoms with E-state index in [1.54, 1.807) is 24.3 Å². The average molecular weight is 587 g/mol. The molecular weight excluding hydrogens is 571 g/mol.